The van der Waals surface area contributed by atoms with E-state index >= 15 is 0 Å². The highest BCUT2D eigenvalue weighted by molar-refractivity contribution is 7.87. The number of hydrogen-bond acceptors (Lipinski definition) is 12. The first kappa shape index (κ1) is 47.1. The molecule has 6 aromatic rings. The number of hydrogen-bond donors (Lipinski definition) is 8. The maximum Gasteiger partial charge on any atom is 0.323 e. The van der Waals surface area contributed by atoms with Gasteiger partial charge in [-0.3, -0.25) is 27.8 Å². The second-order valence-electron chi connectivity index (χ2n) is 14.0. The third kappa shape index (κ3) is 10.0. The number of ether oxygens (including phenoxy) is 1. The molecule has 24 heteroatoms. The molecule has 64 heavy (non-hydrogen) atoms. The molecule has 0 fully saturated rings. The molecule has 0 radical (unpaired) electrons. The van der Waals surface area contributed by atoms with Gasteiger partial charge in [0.25, 0.3) is 52.3 Å². The van der Waals surface area contributed by atoms with E-state index in [4.69, 9.17) is 4.74 Å². The van der Waals surface area contributed by atoms with Crippen molar-refractivity contribution >= 4 is 103 Å². The summed E-state index contributed by atoms with van der Waals surface area (Å²) in [6, 6.07) is 16.9. The Bertz CT molecular complexity index is 3410. The van der Waals surface area contributed by atoms with E-state index in [1.807, 2.05) is 0 Å². The van der Waals surface area contributed by atoms with Gasteiger partial charge in [0.05, 0.1) is 18.0 Å². The van der Waals surface area contributed by atoms with Crippen molar-refractivity contribution in [3.63, 3.8) is 0 Å². The predicted molar refractivity (Wildman–Crippen MR) is 233 cm³/mol. The quantitative estimate of drug-likeness (QED) is 0.0602. The van der Waals surface area contributed by atoms with Gasteiger partial charge in [0.2, 0.25) is 0 Å². The zero-order valence-electron chi connectivity index (χ0n) is 33.4. The number of anilines is 4. The van der Waals surface area contributed by atoms with Crippen LogP contribution in [0, 0.1) is 6.92 Å². The lowest BCUT2D eigenvalue weighted by atomic mass is 10.0. The van der Waals surface area contributed by atoms with Crippen LogP contribution in [-0.4, -0.2) is 76.8 Å². The highest BCUT2D eigenvalue weighted by Gasteiger charge is 2.26. The van der Waals surface area contributed by atoms with E-state index in [9.17, 15) is 66.3 Å². The standard InChI is InChI=1S/C40H36N4O16S4/c1-4-22-8-9-23(38(45)42-29-13-15-33(62(51,52)53)27-16-21(2)17-35(37(27)29)64(57,58)59)18-30(22)43-40(47)44-31-19-24(10-11-25(31)20-60-3)39(46)41-28-12-14-32(61(48,49)50)26-6-5-7-34(36(26)28)63(54,55)56/h5-19H,4,20H2,1-3H3,(H,41,46)(H,42,45)(H2,43,44,47)(H,48,49,50)(H,51,52,53)(H,54,55,56)(H,57,58,59). The third-order valence-electron chi connectivity index (χ3n) is 9.67. The van der Waals surface area contributed by atoms with Gasteiger partial charge in [0.1, 0.15) is 19.6 Å². The van der Waals surface area contributed by atoms with E-state index in [2.05, 4.69) is 21.3 Å². The molecule has 0 aromatic heterocycles. The van der Waals surface area contributed by atoms with Gasteiger partial charge >= 0.3 is 6.03 Å². The molecule has 0 spiro atoms. The fraction of sp³-hybridized carbons (Fsp3) is 0.125. The number of nitrogens with one attached hydrogen (secondary N) is 4. The Morgan fingerprint density at radius 3 is 1.47 bits per heavy atom. The number of rotatable bonds is 13. The van der Waals surface area contributed by atoms with Gasteiger partial charge in [0.15, 0.2) is 0 Å². The highest BCUT2D eigenvalue weighted by atomic mass is 32.2. The molecule has 4 amide bonds. The number of carbonyl (C=O) groups excluding carboxylic acids is 3. The zero-order valence-corrected chi connectivity index (χ0v) is 36.7. The number of carbonyl (C=O) groups is 3. The van der Waals surface area contributed by atoms with Gasteiger partial charge in [-0.2, -0.15) is 33.7 Å². The smallest absolute Gasteiger partial charge is 0.323 e. The van der Waals surface area contributed by atoms with Gasteiger partial charge in [-0.05, 0) is 91.2 Å². The molecule has 8 N–H and O–H groups in total. The molecular formula is C40H36N4O16S4. The van der Waals surface area contributed by atoms with Crippen LogP contribution >= 0.6 is 0 Å². The molecule has 6 aromatic carbocycles. The summed E-state index contributed by atoms with van der Waals surface area (Å²) in [4.78, 5) is 38.1. The van der Waals surface area contributed by atoms with E-state index in [0.717, 1.165) is 48.5 Å². The number of benzene rings is 6. The molecule has 20 nitrogen and oxygen atoms in total. The van der Waals surface area contributed by atoms with Crippen LogP contribution in [0.4, 0.5) is 27.5 Å². The van der Waals surface area contributed by atoms with Gasteiger partial charge in [-0.15, -0.1) is 0 Å². The fourth-order valence-corrected chi connectivity index (χ4v) is 9.81. The van der Waals surface area contributed by atoms with Crippen LogP contribution in [0.1, 0.15) is 44.3 Å². The molecule has 0 saturated heterocycles. The molecule has 0 saturated carbocycles. The van der Waals surface area contributed by atoms with Gasteiger partial charge in [-0.1, -0.05) is 31.2 Å². The minimum absolute atomic E-state index is 0.0502. The Morgan fingerprint density at radius 1 is 0.516 bits per heavy atom. The molecule has 0 aliphatic rings. The summed E-state index contributed by atoms with van der Waals surface area (Å²) >= 11 is 0. The first-order valence-electron chi connectivity index (χ1n) is 18.3. The van der Waals surface area contributed by atoms with Crippen molar-refractivity contribution in [2.75, 3.05) is 28.4 Å². The molecule has 0 atom stereocenters. The summed E-state index contributed by atoms with van der Waals surface area (Å²) in [5.74, 6) is -1.75. The van der Waals surface area contributed by atoms with Crippen molar-refractivity contribution in [3.05, 3.63) is 119 Å². The molecular weight excluding hydrogens is 921 g/mol. The molecule has 6 rings (SSSR count). The number of fused-ring (bicyclic) bond motifs is 2. The number of methoxy groups -OCH3 is 1. The lowest BCUT2D eigenvalue weighted by Gasteiger charge is -2.17. The van der Waals surface area contributed by atoms with Crippen molar-refractivity contribution in [2.24, 2.45) is 0 Å². The van der Waals surface area contributed by atoms with E-state index in [1.165, 1.54) is 56.5 Å². The molecule has 0 bridgehead atoms. The van der Waals surface area contributed by atoms with Crippen molar-refractivity contribution in [2.45, 2.75) is 46.5 Å². The Kier molecular flexibility index (Phi) is 13.0. The molecule has 0 heterocycles. The van der Waals surface area contributed by atoms with Crippen LogP contribution < -0.4 is 21.3 Å². The van der Waals surface area contributed by atoms with E-state index < -0.39 is 88.7 Å². The Morgan fingerprint density at radius 2 is 0.984 bits per heavy atom. The minimum Gasteiger partial charge on any atom is -0.380 e. The molecule has 0 aliphatic carbocycles. The van der Waals surface area contributed by atoms with Gasteiger partial charge in [0, 0.05) is 56.7 Å². The third-order valence-corrected chi connectivity index (χ3v) is 13.3. The Labute approximate surface area is 365 Å². The van der Waals surface area contributed by atoms with Crippen molar-refractivity contribution in [1.29, 1.82) is 0 Å². The predicted octanol–water partition coefficient (Wildman–Crippen LogP) is 6.15. The van der Waals surface area contributed by atoms with Crippen molar-refractivity contribution in [1.82, 2.24) is 0 Å². The lowest BCUT2D eigenvalue weighted by Crippen LogP contribution is -2.22. The SMILES string of the molecule is CCc1ccc(C(=O)Nc2ccc(S(=O)(=O)O)c3cc(C)cc(S(=O)(=O)O)c23)cc1NC(=O)Nc1cc(C(=O)Nc2ccc(S(=O)(=O)O)c3cccc(S(=O)(=O)O)c23)ccc1COC. The maximum atomic E-state index is 13.7. The second-order valence-corrected chi connectivity index (χ2v) is 19.6. The fourth-order valence-electron chi connectivity index (χ4n) is 6.90. The van der Waals surface area contributed by atoms with Crippen molar-refractivity contribution in [3.8, 4) is 0 Å². The average Bonchev–Trinajstić information content (AvgIpc) is 3.19. The van der Waals surface area contributed by atoms with Gasteiger partial charge < -0.3 is 26.0 Å². The highest BCUT2D eigenvalue weighted by Crippen LogP contribution is 2.37. The Hall–Kier alpha value is -6.35. The Balaban J connectivity index is 1.30. The molecule has 336 valence electrons. The van der Waals surface area contributed by atoms with E-state index in [1.54, 1.807) is 6.92 Å². The monoisotopic (exact) mass is 956 g/mol. The maximum absolute atomic E-state index is 13.7. The van der Waals surface area contributed by atoms with Crippen molar-refractivity contribution < 1.29 is 71.0 Å². The van der Waals surface area contributed by atoms with Crippen LogP contribution in [0.5, 0.6) is 0 Å². The minimum atomic E-state index is -5.01. The first-order chi connectivity index (χ1) is 29.8. The summed E-state index contributed by atoms with van der Waals surface area (Å²) < 4.78 is 143. The average molecular weight is 957 g/mol. The van der Waals surface area contributed by atoms with Crippen LogP contribution in [-0.2, 0) is 58.2 Å². The van der Waals surface area contributed by atoms with E-state index in [0.29, 0.717) is 17.5 Å². The summed E-state index contributed by atoms with van der Waals surface area (Å²) in [5.41, 5.74) is 0.614. The van der Waals surface area contributed by atoms with Gasteiger partial charge in [-0.25, -0.2) is 4.79 Å². The van der Waals surface area contributed by atoms with Crippen LogP contribution in [0.2, 0.25) is 0 Å². The summed E-state index contributed by atoms with van der Waals surface area (Å²) in [5, 5.41) is 8.77. The number of aryl methyl sites for hydroxylation is 2. The van der Waals surface area contributed by atoms with Crippen LogP contribution in [0.15, 0.2) is 111 Å². The largest absolute Gasteiger partial charge is 0.380 e. The number of amides is 4. The summed E-state index contributed by atoms with van der Waals surface area (Å²) in [7, 11) is -18.4. The lowest BCUT2D eigenvalue weighted by molar-refractivity contribution is 0.101. The zero-order chi connectivity index (χ0) is 47.1. The molecule has 0 aliphatic heterocycles. The summed E-state index contributed by atoms with van der Waals surface area (Å²) in [6.45, 7) is 3.12. The van der Waals surface area contributed by atoms with Crippen LogP contribution in [0.3, 0.4) is 0 Å². The number of urea groups is 1. The van der Waals surface area contributed by atoms with Crippen LogP contribution in [0.25, 0.3) is 21.5 Å². The summed E-state index contributed by atoms with van der Waals surface area (Å²) in [6.07, 6.45) is 0.347. The molecule has 0 unspecified atom stereocenters. The first-order valence-corrected chi connectivity index (χ1v) is 24.1. The normalized spacial score (nSPS) is 12.2. The second kappa shape index (κ2) is 17.7. The van der Waals surface area contributed by atoms with E-state index in [-0.39, 0.29) is 56.8 Å². The topological polar surface area (TPSA) is 326 Å².